The van der Waals surface area contributed by atoms with E-state index in [2.05, 4.69) is 4.98 Å². The number of carbonyl (C=O) groups is 2. The maximum absolute atomic E-state index is 13.8. The molecule has 9 nitrogen and oxygen atoms in total. The lowest BCUT2D eigenvalue weighted by Crippen LogP contribution is -2.49. The van der Waals surface area contributed by atoms with Crippen LogP contribution in [0.25, 0.3) is 11.1 Å². The van der Waals surface area contributed by atoms with Crippen LogP contribution in [-0.4, -0.2) is 70.1 Å². The second kappa shape index (κ2) is 9.23. The van der Waals surface area contributed by atoms with Crippen LogP contribution in [0.4, 0.5) is 0 Å². The minimum absolute atomic E-state index is 0.169. The number of aliphatic hydroxyl groups is 1. The molecule has 4 heterocycles. The quantitative estimate of drug-likeness (QED) is 0.587. The Labute approximate surface area is 208 Å². The van der Waals surface area contributed by atoms with Gasteiger partial charge in [-0.1, -0.05) is 18.2 Å². The van der Waals surface area contributed by atoms with Gasteiger partial charge in [0, 0.05) is 56.8 Å². The van der Waals surface area contributed by atoms with Gasteiger partial charge in [-0.3, -0.25) is 19.4 Å². The fraction of sp³-hybridized carbons (Fsp3) is 0.333. The second-order valence-corrected chi connectivity index (χ2v) is 9.36. The Balaban J connectivity index is 1.69. The second-order valence-electron chi connectivity index (χ2n) is 9.36. The fourth-order valence-corrected chi connectivity index (χ4v) is 5.67. The molecule has 3 aromatic rings. The van der Waals surface area contributed by atoms with Crippen molar-refractivity contribution in [2.75, 3.05) is 27.8 Å². The van der Waals surface area contributed by atoms with Gasteiger partial charge in [-0.05, 0) is 30.3 Å². The predicted octanol–water partition coefficient (Wildman–Crippen LogP) is 1.81. The van der Waals surface area contributed by atoms with Gasteiger partial charge in [-0.25, -0.2) is 0 Å². The number of aliphatic hydroxyl groups excluding tert-OH is 1. The Morgan fingerprint density at radius 2 is 1.89 bits per heavy atom. The standard InChI is InChI=1S/C27H28N4O5/c1-29(2)27(35)23-19(15-32)21-14-30-20(24(23)31(21)25(33)16-7-6-12-28-13-16)11-10-18(26(30)34)17-8-4-5-9-22(17)36-3/h4-13,19,21,23-24,32H,14-15H2,1-3H3/t19-,21-,23+,24+/m1/s1. The molecule has 5 rings (SSSR count). The van der Waals surface area contributed by atoms with Crippen molar-refractivity contribution in [1.82, 2.24) is 19.4 Å². The van der Waals surface area contributed by atoms with E-state index in [-0.39, 0.29) is 30.5 Å². The molecule has 2 aliphatic heterocycles. The number of ether oxygens (including phenoxy) is 1. The molecule has 4 atom stereocenters. The molecule has 9 heteroatoms. The van der Waals surface area contributed by atoms with Crippen LogP contribution in [0.5, 0.6) is 5.75 Å². The molecule has 186 valence electrons. The lowest BCUT2D eigenvalue weighted by atomic mass is 9.86. The number of para-hydroxylation sites is 1. The van der Waals surface area contributed by atoms with Gasteiger partial charge in [0.05, 0.1) is 36.2 Å². The zero-order chi connectivity index (χ0) is 25.6. The van der Waals surface area contributed by atoms with E-state index >= 15 is 0 Å². The van der Waals surface area contributed by atoms with Crippen molar-refractivity contribution in [2.24, 2.45) is 11.8 Å². The summed E-state index contributed by atoms with van der Waals surface area (Å²) >= 11 is 0. The molecule has 2 aliphatic rings. The number of rotatable bonds is 5. The van der Waals surface area contributed by atoms with Crippen molar-refractivity contribution >= 4 is 11.8 Å². The third-order valence-electron chi connectivity index (χ3n) is 7.31. The first-order chi connectivity index (χ1) is 17.4. The third-order valence-corrected chi connectivity index (χ3v) is 7.31. The van der Waals surface area contributed by atoms with E-state index in [4.69, 9.17) is 4.74 Å². The van der Waals surface area contributed by atoms with Crippen molar-refractivity contribution in [3.63, 3.8) is 0 Å². The first-order valence-electron chi connectivity index (χ1n) is 11.8. The molecule has 2 bridgehead atoms. The molecule has 2 amide bonds. The van der Waals surface area contributed by atoms with Crippen molar-refractivity contribution in [2.45, 2.75) is 18.6 Å². The van der Waals surface area contributed by atoms with Crippen LogP contribution < -0.4 is 10.3 Å². The highest BCUT2D eigenvalue weighted by Gasteiger charge is 2.57. The van der Waals surface area contributed by atoms with Crippen LogP contribution >= 0.6 is 0 Å². The number of carbonyl (C=O) groups excluding carboxylic acids is 2. The summed E-state index contributed by atoms with van der Waals surface area (Å²) in [4.78, 5) is 48.1. The van der Waals surface area contributed by atoms with Crippen molar-refractivity contribution in [3.05, 3.63) is 82.5 Å². The average Bonchev–Trinajstić information content (AvgIpc) is 3.14. The van der Waals surface area contributed by atoms with E-state index in [0.29, 0.717) is 28.1 Å². The first-order valence-corrected chi connectivity index (χ1v) is 11.8. The van der Waals surface area contributed by atoms with Crippen molar-refractivity contribution < 1.29 is 19.4 Å². The lowest BCUT2D eigenvalue weighted by Gasteiger charge is -2.38. The molecular formula is C27H28N4O5. The number of amides is 2. The van der Waals surface area contributed by atoms with Crippen LogP contribution in [0.3, 0.4) is 0 Å². The largest absolute Gasteiger partial charge is 0.496 e. The zero-order valence-electron chi connectivity index (χ0n) is 20.4. The number of fused-ring (bicyclic) bond motifs is 4. The molecule has 36 heavy (non-hydrogen) atoms. The predicted molar refractivity (Wildman–Crippen MR) is 132 cm³/mol. The summed E-state index contributed by atoms with van der Waals surface area (Å²) in [7, 11) is 4.87. The van der Waals surface area contributed by atoms with Crippen molar-refractivity contribution in [1.29, 1.82) is 0 Å². The molecule has 0 radical (unpaired) electrons. The van der Waals surface area contributed by atoms with Gasteiger partial charge in [0.15, 0.2) is 0 Å². The summed E-state index contributed by atoms with van der Waals surface area (Å²) in [5.74, 6) is -1.12. The molecule has 1 N–H and O–H groups in total. The normalized spacial score (nSPS) is 22.2. The lowest BCUT2D eigenvalue weighted by molar-refractivity contribution is -0.135. The average molecular weight is 489 g/mol. The van der Waals surface area contributed by atoms with E-state index in [0.717, 1.165) is 0 Å². The Morgan fingerprint density at radius 3 is 2.56 bits per heavy atom. The fourth-order valence-electron chi connectivity index (χ4n) is 5.67. The number of hydrogen-bond donors (Lipinski definition) is 1. The molecule has 0 aliphatic carbocycles. The number of pyridine rings is 2. The number of benzene rings is 1. The van der Waals surface area contributed by atoms with Crippen LogP contribution in [0.15, 0.2) is 65.7 Å². The minimum Gasteiger partial charge on any atom is -0.496 e. The summed E-state index contributed by atoms with van der Waals surface area (Å²) in [6, 6.07) is 12.9. The molecular weight excluding hydrogens is 460 g/mol. The van der Waals surface area contributed by atoms with Gasteiger partial charge in [0.2, 0.25) is 5.91 Å². The molecule has 1 saturated heterocycles. The number of methoxy groups -OCH3 is 1. The molecule has 0 saturated carbocycles. The maximum Gasteiger partial charge on any atom is 0.258 e. The summed E-state index contributed by atoms with van der Waals surface area (Å²) < 4.78 is 7.12. The highest BCUT2D eigenvalue weighted by Crippen LogP contribution is 2.49. The van der Waals surface area contributed by atoms with E-state index in [1.807, 2.05) is 24.3 Å². The summed E-state index contributed by atoms with van der Waals surface area (Å²) in [6.45, 7) is -0.119. The van der Waals surface area contributed by atoms with Crippen LogP contribution in [0.2, 0.25) is 0 Å². The minimum atomic E-state index is -0.706. The molecule has 0 spiro atoms. The van der Waals surface area contributed by atoms with Crippen molar-refractivity contribution in [3.8, 4) is 16.9 Å². The monoisotopic (exact) mass is 488 g/mol. The SMILES string of the molecule is COc1ccccc1-c1ccc2n(c1=O)C[C@@H]1[C@@H](CO)[C@H](C(=O)N(C)C)[C@H]2N1C(=O)c1cccnc1. The Bertz CT molecular complexity index is 1370. The Kier molecular flexibility index (Phi) is 6.09. The topological polar surface area (TPSA) is 105 Å². The zero-order valence-corrected chi connectivity index (χ0v) is 20.4. The summed E-state index contributed by atoms with van der Waals surface area (Å²) in [5.41, 5.74) is 1.88. The van der Waals surface area contributed by atoms with Gasteiger partial charge in [0.1, 0.15) is 5.75 Å². The van der Waals surface area contributed by atoms with Gasteiger partial charge in [-0.2, -0.15) is 0 Å². The number of aromatic nitrogens is 2. The van der Waals surface area contributed by atoms with Crippen LogP contribution in [0.1, 0.15) is 22.1 Å². The molecule has 1 aromatic carbocycles. The highest BCUT2D eigenvalue weighted by molar-refractivity contribution is 5.95. The van der Waals surface area contributed by atoms with Crippen LogP contribution in [-0.2, 0) is 11.3 Å². The number of hydrogen-bond acceptors (Lipinski definition) is 6. The highest BCUT2D eigenvalue weighted by atomic mass is 16.5. The van der Waals surface area contributed by atoms with Gasteiger partial charge in [-0.15, -0.1) is 0 Å². The summed E-state index contributed by atoms with van der Waals surface area (Å²) in [6.07, 6.45) is 3.08. The van der Waals surface area contributed by atoms with E-state index in [1.54, 1.807) is 61.1 Å². The number of nitrogens with zero attached hydrogens (tertiary/aromatic N) is 4. The maximum atomic E-state index is 13.8. The Hall–Kier alpha value is -3.98. The van der Waals surface area contributed by atoms with E-state index in [9.17, 15) is 19.5 Å². The smallest absolute Gasteiger partial charge is 0.258 e. The first kappa shape index (κ1) is 23.7. The Morgan fingerprint density at radius 1 is 1.11 bits per heavy atom. The summed E-state index contributed by atoms with van der Waals surface area (Å²) in [5, 5.41) is 10.4. The third kappa shape index (κ3) is 3.58. The van der Waals surface area contributed by atoms with Gasteiger partial charge >= 0.3 is 0 Å². The molecule has 2 aromatic heterocycles. The molecule has 1 fully saturated rings. The van der Waals surface area contributed by atoms with Crippen LogP contribution in [0, 0.1) is 11.8 Å². The molecule has 0 unspecified atom stereocenters. The van der Waals surface area contributed by atoms with E-state index < -0.39 is 23.9 Å². The van der Waals surface area contributed by atoms with Gasteiger partial charge in [0.25, 0.3) is 11.5 Å². The van der Waals surface area contributed by atoms with E-state index in [1.165, 1.54) is 11.1 Å². The van der Waals surface area contributed by atoms with Gasteiger partial charge < -0.3 is 24.2 Å².